The standard InChI is InChI=1S/C13H16N2O5/c1-13(12(17)18)7-20-6-10(13)15-11(16)8-3-4-14-5-9(8)19-2/h3-5,10H,6-7H2,1-2H3,(H,15,16)(H,17,18). The van der Waals surface area contributed by atoms with Crippen molar-refractivity contribution in [3.8, 4) is 5.75 Å². The van der Waals surface area contributed by atoms with Gasteiger partial charge in [-0.05, 0) is 13.0 Å². The quantitative estimate of drug-likeness (QED) is 0.823. The third-order valence-electron chi connectivity index (χ3n) is 3.50. The summed E-state index contributed by atoms with van der Waals surface area (Å²) in [7, 11) is 1.44. The lowest BCUT2D eigenvalue weighted by Crippen LogP contribution is -2.49. The first-order valence-corrected chi connectivity index (χ1v) is 6.09. The Morgan fingerprint density at radius 2 is 2.35 bits per heavy atom. The molecule has 20 heavy (non-hydrogen) atoms. The van der Waals surface area contributed by atoms with E-state index in [0.29, 0.717) is 11.3 Å². The largest absolute Gasteiger partial charge is 0.494 e. The molecule has 1 aromatic heterocycles. The van der Waals surface area contributed by atoms with Crippen LogP contribution >= 0.6 is 0 Å². The van der Waals surface area contributed by atoms with Crippen LogP contribution < -0.4 is 10.1 Å². The number of nitrogens with zero attached hydrogens (tertiary/aromatic N) is 1. The summed E-state index contributed by atoms with van der Waals surface area (Å²) in [5.74, 6) is -1.07. The second-order valence-corrected chi connectivity index (χ2v) is 4.84. The molecule has 2 heterocycles. The highest BCUT2D eigenvalue weighted by Gasteiger charge is 2.47. The van der Waals surface area contributed by atoms with Crippen molar-refractivity contribution in [1.82, 2.24) is 10.3 Å². The first-order valence-electron chi connectivity index (χ1n) is 6.09. The number of aliphatic carboxylic acids is 1. The Kier molecular flexibility index (Phi) is 3.89. The summed E-state index contributed by atoms with van der Waals surface area (Å²) in [5, 5.41) is 12.0. The monoisotopic (exact) mass is 280 g/mol. The van der Waals surface area contributed by atoms with Crippen molar-refractivity contribution in [2.24, 2.45) is 5.41 Å². The van der Waals surface area contributed by atoms with E-state index in [4.69, 9.17) is 9.47 Å². The minimum absolute atomic E-state index is 0.0702. The third-order valence-corrected chi connectivity index (χ3v) is 3.50. The molecule has 2 rings (SSSR count). The average molecular weight is 280 g/mol. The zero-order valence-electron chi connectivity index (χ0n) is 11.3. The number of hydrogen-bond acceptors (Lipinski definition) is 5. The van der Waals surface area contributed by atoms with Crippen molar-refractivity contribution in [1.29, 1.82) is 0 Å². The molecule has 0 saturated carbocycles. The molecule has 0 radical (unpaired) electrons. The lowest BCUT2D eigenvalue weighted by molar-refractivity contribution is -0.148. The molecule has 1 aromatic rings. The summed E-state index contributed by atoms with van der Waals surface area (Å²) in [6.45, 7) is 1.79. The van der Waals surface area contributed by atoms with Gasteiger partial charge in [-0.1, -0.05) is 0 Å². The van der Waals surface area contributed by atoms with Gasteiger partial charge < -0.3 is 19.9 Å². The van der Waals surface area contributed by atoms with Crippen molar-refractivity contribution >= 4 is 11.9 Å². The molecule has 1 saturated heterocycles. The number of nitrogens with one attached hydrogen (secondary N) is 1. The van der Waals surface area contributed by atoms with E-state index in [-0.39, 0.29) is 13.2 Å². The van der Waals surface area contributed by atoms with E-state index >= 15 is 0 Å². The van der Waals surface area contributed by atoms with Crippen LogP contribution in [0.3, 0.4) is 0 Å². The van der Waals surface area contributed by atoms with Crippen molar-refractivity contribution in [3.05, 3.63) is 24.0 Å². The van der Waals surface area contributed by atoms with Crippen LogP contribution in [0.25, 0.3) is 0 Å². The molecule has 1 fully saturated rings. The number of carbonyl (C=O) groups excluding carboxylic acids is 1. The van der Waals surface area contributed by atoms with Crippen LogP contribution in [0.5, 0.6) is 5.75 Å². The first kappa shape index (κ1) is 14.3. The molecule has 1 aliphatic heterocycles. The Labute approximate surface area is 115 Å². The smallest absolute Gasteiger partial charge is 0.313 e. The Balaban J connectivity index is 2.18. The number of hydrogen-bond donors (Lipinski definition) is 2. The number of methoxy groups -OCH3 is 1. The van der Waals surface area contributed by atoms with Gasteiger partial charge in [-0.25, -0.2) is 0 Å². The number of carboxylic acid groups (broad SMARTS) is 1. The lowest BCUT2D eigenvalue weighted by atomic mass is 9.85. The van der Waals surface area contributed by atoms with Crippen LogP contribution in [0.4, 0.5) is 0 Å². The molecule has 0 aliphatic carbocycles. The number of rotatable bonds is 4. The van der Waals surface area contributed by atoms with Crippen molar-refractivity contribution in [3.63, 3.8) is 0 Å². The summed E-state index contributed by atoms with van der Waals surface area (Å²) < 4.78 is 10.2. The zero-order chi connectivity index (χ0) is 14.8. The van der Waals surface area contributed by atoms with Crippen molar-refractivity contribution in [2.75, 3.05) is 20.3 Å². The molecule has 2 atom stereocenters. The van der Waals surface area contributed by atoms with Gasteiger partial charge in [-0.3, -0.25) is 14.6 Å². The first-order chi connectivity index (χ1) is 9.49. The maximum absolute atomic E-state index is 12.2. The van der Waals surface area contributed by atoms with E-state index in [0.717, 1.165) is 0 Å². The Bertz CT molecular complexity index is 533. The van der Waals surface area contributed by atoms with Crippen LogP contribution in [-0.4, -0.2) is 48.3 Å². The summed E-state index contributed by atoms with van der Waals surface area (Å²) in [6, 6.07) is 0.924. The van der Waals surface area contributed by atoms with Gasteiger partial charge in [0.15, 0.2) is 0 Å². The second-order valence-electron chi connectivity index (χ2n) is 4.84. The zero-order valence-corrected chi connectivity index (χ0v) is 11.3. The molecular formula is C13H16N2O5. The van der Waals surface area contributed by atoms with Crippen molar-refractivity contribution < 1.29 is 24.2 Å². The van der Waals surface area contributed by atoms with E-state index in [2.05, 4.69) is 10.3 Å². The van der Waals surface area contributed by atoms with Gasteiger partial charge in [-0.2, -0.15) is 0 Å². The lowest BCUT2D eigenvalue weighted by Gasteiger charge is -2.25. The maximum atomic E-state index is 12.2. The van der Waals surface area contributed by atoms with Crippen LogP contribution in [0.15, 0.2) is 18.5 Å². The maximum Gasteiger partial charge on any atom is 0.313 e. The predicted molar refractivity (Wildman–Crippen MR) is 68.6 cm³/mol. The van der Waals surface area contributed by atoms with E-state index in [9.17, 15) is 14.7 Å². The third kappa shape index (κ3) is 2.44. The minimum atomic E-state index is -1.13. The fraction of sp³-hybridized carbons (Fsp3) is 0.462. The van der Waals surface area contributed by atoms with Gasteiger partial charge in [0, 0.05) is 6.20 Å². The molecule has 0 bridgehead atoms. The molecule has 108 valence electrons. The Morgan fingerprint density at radius 1 is 1.60 bits per heavy atom. The van der Waals surface area contributed by atoms with Crippen LogP contribution in [0.1, 0.15) is 17.3 Å². The SMILES string of the molecule is COc1cnccc1C(=O)NC1COCC1(C)C(=O)O. The van der Waals surface area contributed by atoms with Crippen LogP contribution in [0, 0.1) is 5.41 Å². The highest BCUT2D eigenvalue weighted by Crippen LogP contribution is 2.29. The Morgan fingerprint density at radius 3 is 3.00 bits per heavy atom. The Hall–Kier alpha value is -2.15. The molecule has 0 spiro atoms. The summed E-state index contributed by atoms with van der Waals surface area (Å²) in [6.07, 6.45) is 2.90. The number of pyridine rings is 1. The molecule has 7 heteroatoms. The highest BCUT2D eigenvalue weighted by atomic mass is 16.5. The molecule has 1 aliphatic rings. The summed E-state index contributed by atoms with van der Waals surface area (Å²) in [5.41, 5.74) is -0.822. The summed E-state index contributed by atoms with van der Waals surface area (Å²) in [4.78, 5) is 27.4. The van der Waals surface area contributed by atoms with Gasteiger partial charge in [0.2, 0.25) is 0 Å². The number of carbonyl (C=O) groups is 2. The van der Waals surface area contributed by atoms with Gasteiger partial charge >= 0.3 is 5.97 Å². The molecule has 2 unspecified atom stereocenters. The number of ether oxygens (including phenoxy) is 2. The fourth-order valence-corrected chi connectivity index (χ4v) is 2.05. The van der Waals surface area contributed by atoms with E-state index in [1.165, 1.54) is 25.6 Å². The molecule has 2 N–H and O–H groups in total. The molecule has 7 nitrogen and oxygen atoms in total. The van der Waals surface area contributed by atoms with Crippen molar-refractivity contribution in [2.45, 2.75) is 13.0 Å². The van der Waals surface area contributed by atoms with Crippen LogP contribution in [-0.2, 0) is 9.53 Å². The van der Waals surface area contributed by atoms with Crippen LogP contribution in [0.2, 0.25) is 0 Å². The number of carboxylic acids is 1. The topological polar surface area (TPSA) is 97.8 Å². The average Bonchev–Trinajstić information content (AvgIpc) is 2.81. The van der Waals surface area contributed by atoms with Gasteiger partial charge in [0.05, 0.1) is 38.1 Å². The highest BCUT2D eigenvalue weighted by molar-refractivity contribution is 5.97. The van der Waals surface area contributed by atoms with Gasteiger partial charge in [0.1, 0.15) is 11.2 Å². The summed E-state index contributed by atoms with van der Waals surface area (Å²) >= 11 is 0. The van der Waals surface area contributed by atoms with E-state index in [1.807, 2.05) is 0 Å². The van der Waals surface area contributed by atoms with Gasteiger partial charge in [-0.15, -0.1) is 0 Å². The second kappa shape index (κ2) is 5.46. The normalized spacial score (nSPS) is 25.2. The molecular weight excluding hydrogens is 264 g/mol. The number of amides is 1. The molecule has 1 amide bonds. The number of aromatic nitrogens is 1. The van der Waals surface area contributed by atoms with E-state index in [1.54, 1.807) is 6.92 Å². The van der Waals surface area contributed by atoms with Gasteiger partial charge in [0.25, 0.3) is 5.91 Å². The molecule has 0 aromatic carbocycles. The minimum Gasteiger partial charge on any atom is -0.494 e. The van der Waals surface area contributed by atoms with E-state index < -0.39 is 23.3 Å². The fourth-order valence-electron chi connectivity index (χ4n) is 2.05. The predicted octanol–water partition coefficient (Wildman–Crippen LogP) is 0.310.